The third-order valence-corrected chi connectivity index (χ3v) is 6.30. The van der Waals surface area contributed by atoms with E-state index in [0.717, 1.165) is 24.6 Å². The van der Waals surface area contributed by atoms with Gasteiger partial charge in [-0.15, -0.1) is 11.3 Å². The summed E-state index contributed by atoms with van der Waals surface area (Å²) < 4.78 is 14.1. The van der Waals surface area contributed by atoms with Crippen LogP contribution in [0.25, 0.3) is 5.57 Å². The molecule has 0 saturated carbocycles. The summed E-state index contributed by atoms with van der Waals surface area (Å²) in [7, 11) is 0. The molecule has 1 aromatic carbocycles. The third kappa shape index (κ3) is 4.17. The van der Waals surface area contributed by atoms with Gasteiger partial charge in [-0.1, -0.05) is 23.8 Å². The molecule has 1 aliphatic carbocycles. The van der Waals surface area contributed by atoms with E-state index in [4.69, 9.17) is 0 Å². The standard InChI is InChI=1S/C23H24FN3OS/c1-15-4-3-5-20(24)21(15)22(28)26-18-8-6-17(7-9-18)19-10-12-27(14-16(19)2)23-25-11-13-29-23/h4,6-9,11,13H,3,5,10,12,14H2,1-2H3,(H,26,28). The molecule has 0 bridgehead atoms. The molecule has 2 aromatic rings. The van der Waals surface area contributed by atoms with Crippen LogP contribution in [0, 0.1) is 0 Å². The minimum atomic E-state index is -0.379. The van der Waals surface area contributed by atoms with Crippen molar-refractivity contribution in [2.75, 3.05) is 23.3 Å². The van der Waals surface area contributed by atoms with Crippen molar-refractivity contribution >= 4 is 33.6 Å². The van der Waals surface area contributed by atoms with E-state index in [-0.39, 0.29) is 17.3 Å². The SMILES string of the molecule is CC1=CCCC(F)=C1C(=O)Nc1ccc(C2=C(C)CN(c3nccs3)CC2)cc1. The number of nitrogens with zero attached hydrogens (tertiary/aromatic N) is 2. The smallest absolute Gasteiger partial charge is 0.258 e. The van der Waals surface area contributed by atoms with E-state index < -0.39 is 0 Å². The number of thiazole rings is 1. The summed E-state index contributed by atoms with van der Waals surface area (Å²) >= 11 is 1.67. The van der Waals surface area contributed by atoms with Crippen LogP contribution in [-0.2, 0) is 4.79 Å². The molecular weight excluding hydrogens is 385 g/mol. The molecule has 150 valence electrons. The number of rotatable bonds is 4. The van der Waals surface area contributed by atoms with Crippen LogP contribution in [0.1, 0.15) is 38.7 Å². The third-order valence-electron chi connectivity index (χ3n) is 5.46. The zero-order valence-electron chi connectivity index (χ0n) is 16.7. The molecule has 4 nitrogen and oxygen atoms in total. The van der Waals surface area contributed by atoms with Gasteiger partial charge in [0.2, 0.25) is 0 Å². The maximum Gasteiger partial charge on any atom is 0.258 e. The summed E-state index contributed by atoms with van der Waals surface area (Å²) in [6.45, 7) is 5.76. The van der Waals surface area contributed by atoms with Crippen molar-refractivity contribution in [2.24, 2.45) is 0 Å². The monoisotopic (exact) mass is 409 g/mol. The Hall–Kier alpha value is -2.73. The average molecular weight is 410 g/mol. The highest BCUT2D eigenvalue weighted by atomic mass is 32.1. The maximum atomic E-state index is 14.1. The van der Waals surface area contributed by atoms with Crippen molar-refractivity contribution in [2.45, 2.75) is 33.1 Å². The van der Waals surface area contributed by atoms with Gasteiger partial charge in [-0.05, 0) is 55.5 Å². The maximum absolute atomic E-state index is 14.1. The average Bonchev–Trinajstić information content (AvgIpc) is 3.23. The fraction of sp³-hybridized carbons (Fsp3) is 0.304. The Kier molecular flexibility index (Phi) is 5.62. The Morgan fingerprint density at radius 3 is 2.66 bits per heavy atom. The number of carbonyl (C=O) groups is 1. The molecular formula is C23H24FN3OS. The Morgan fingerprint density at radius 2 is 2.00 bits per heavy atom. The molecule has 1 N–H and O–H groups in total. The van der Waals surface area contributed by atoms with Crippen molar-refractivity contribution in [3.8, 4) is 0 Å². The zero-order chi connectivity index (χ0) is 20.4. The summed E-state index contributed by atoms with van der Waals surface area (Å²) in [4.78, 5) is 19.2. The zero-order valence-corrected chi connectivity index (χ0v) is 17.5. The van der Waals surface area contributed by atoms with Gasteiger partial charge in [-0.2, -0.15) is 0 Å². The number of hydrogen-bond acceptors (Lipinski definition) is 4. The van der Waals surface area contributed by atoms with Gasteiger partial charge >= 0.3 is 0 Å². The van der Waals surface area contributed by atoms with Gasteiger partial charge in [0.15, 0.2) is 5.13 Å². The molecule has 2 aliphatic rings. The summed E-state index contributed by atoms with van der Waals surface area (Å²) in [5.74, 6) is -0.706. The van der Waals surface area contributed by atoms with E-state index in [0.29, 0.717) is 24.1 Å². The first kappa shape index (κ1) is 19.6. The quantitative estimate of drug-likeness (QED) is 0.701. The Labute approximate surface area is 174 Å². The van der Waals surface area contributed by atoms with Crippen molar-refractivity contribution in [3.63, 3.8) is 0 Å². The van der Waals surface area contributed by atoms with Crippen molar-refractivity contribution in [1.29, 1.82) is 0 Å². The van der Waals surface area contributed by atoms with E-state index in [9.17, 15) is 9.18 Å². The molecule has 29 heavy (non-hydrogen) atoms. The molecule has 0 saturated heterocycles. The van der Waals surface area contributed by atoms with E-state index in [1.54, 1.807) is 18.3 Å². The second-order valence-corrected chi connectivity index (χ2v) is 8.36. The number of hydrogen-bond donors (Lipinski definition) is 1. The molecule has 0 unspecified atom stereocenters. The summed E-state index contributed by atoms with van der Waals surface area (Å²) in [5.41, 5.74) is 5.40. The Morgan fingerprint density at radius 1 is 1.21 bits per heavy atom. The van der Waals surface area contributed by atoms with Crippen LogP contribution in [0.4, 0.5) is 15.2 Å². The van der Waals surface area contributed by atoms with Gasteiger partial charge in [0, 0.05) is 36.8 Å². The van der Waals surface area contributed by atoms with Crippen LogP contribution in [0.2, 0.25) is 0 Å². The van der Waals surface area contributed by atoms with E-state index in [1.807, 2.05) is 41.9 Å². The van der Waals surface area contributed by atoms with Crippen LogP contribution in [0.5, 0.6) is 0 Å². The number of carbonyl (C=O) groups excluding carboxylic acids is 1. The van der Waals surface area contributed by atoms with Gasteiger partial charge < -0.3 is 10.2 Å². The summed E-state index contributed by atoms with van der Waals surface area (Å²) in [5, 5.41) is 5.90. The number of amides is 1. The predicted octanol–water partition coefficient (Wildman–Crippen LogP) is 5.73. The van der Waals surface area contributed by atoms with Crippen LogP contribution in [-0.4, -0.2) is 24.0 Å². The van der Waals surface area contributed by atoms with Crippen LogP contribution in [0.3, 0.4) is 0 Å². The molecule has 4 rings (SSSR count). The number of aromatic nitrogens is 1. The molecule has 0 radical (unpaired) electrons. The number of benzene rings is 1. The second-order valence-electron chi connectivity index (χ2n) is 7.48. The lowest BCUT2D eigenvalue weighted by molar-refractivity contribution is -0.112. The van der Waals surface area contributed by atoms with Gasteiger partial charge in [0.05, 0.1) is 5.57 Å². The number of nitrogens with one attached hydrogen (secondary N) is 1. The fourth-order valence-corrected chi connectivity index (χ4v) is 4.62. The van der Waals surface area contributed by atoms with Gasteiger partial charge in [0.25, 0.3) is 5.91 Å². The lowest BCUT2D eigenvalue weighted by atomic mass is 9.94. The van der Waals surface area contributed by atoms with Gasteiger partial charge in [0.1, 0.15) is 5.83 Å². The highest BCUT2D eigenvalue weighted by molar-refractivity contribution is 7.13. The van der Waals surface area contributed by atoms with Gasteiger partial charge in [-0.3, -0.25) is 4.79 Å². The molecule has 0 fully saturated rings. The lowest BCUT2D eigenvalue weighted by Gasteiger charge is -2.29. The number of halogens is 1. The van der Waals surface area contributed by atoms with Crippen molar-refractivity contribution < 1.29 is 9.18 Å². The van der Waals surface area contributed by atoms with Crippen LogP contribution in [0.15, 0.2) is 64.5 Å². The fourth-order valence-electron chi connectivity index (χ4n) is 3.95. The molecule has 2 heterocycles. The van der Waals surface area contributed by atoms with Crippen LogP contribution < -0.4 is 10.2 Å². The topological polar surface area (TPSA) is 45.2 Å². The van der Waals surface area contributed by atoms with Crippen molar-refractivity contribution in [3.05, 3.63) is 70.0 Å². The Balaban J connectivity index is 1.46. The van der Waals surface area contributed by atoms with Crippen LogP contribution >= 0.6 is 11.3 Å². The van der Waals surface area contributed by atoms with E-state index in [1.165, 1.54) is 16.7 Å². The predicted molar refractivity (Wildman–Crippen MR) is 118 cm³/mol. The normalized spacial score (nSPS) is 17.5. The van der Waals surface area contributed by atoms with Gasteiger partial charge in [-0.25, -0.2) is 9.37 Å². The first-order valence-corrected chi connectivity index (χ1v) is 10.7. The first-order chi connectivity index (χ1) is 14.0. The molecule has 1 aromatic heterocycles. The van der Waals surface area contributed by atoms with E-state index in [2.05, 4.69) is 22.1 Å². The minimum Gasteiger partial charge on any atom is -0.344 e. The molecule has 1 aliphatic heterocycles. The highest BCUT2D eigenvalue weighted by Crippen LogP contribution is 2.32. The number of allylic oxidation sites excluding steroid dienone is 2. The largest absolute Gasteiger partial charge is 0.344 e. The second kappa shape index (κ2) is 8.33. The number of anilines is 2. The minimum absolute atomic E-state index is 0.174. The van der Waals surface area contributed by atoms with E-state index >= 15 is 0 Å². The Bertz CT molecular complexity index is 1000. The molecule has 0 atom stereocenters. The molecule has 1 amide bonds. The molecule has 0 spiro atoms. The van der Waals surface area contributed by atoms with Crippen molar-refractivity contribution in [1.82, 2.24) is 4.98 Å². The lowest BCUT2D eigenvalue weighted by Crippen LogP contribution is -2.30. The molecule has 6 heteroatoms. The summed E-state index contributed by atoms with van der Waals surface area (Å²) in [6.07, 6.45) is 5.66. The first-order valence-electron chi connectivity index (χ1n) is 9.83. The summed E-state index contributed by atoms with van der Waals surface area (Å²) in [6, 6.07) is 7.84. The highest BCUT2D eigenvalue weighted by Gasteiger charge is 2.21.